The lowest BCUT2D eigenvalue weighted by atomic mass is 10.9. The highest BCUT2D eigenvalue weighted by molar-refractivity contribution is 6.82. The molecule has 0 aromatic carbocycles. The Bertz CT molecular complexity index is 102. The second-order valence-electron chi connectivity index (χ2n) is 2.40. The van der Waals surface area contributed by atoms with E-state index in [0.717, 1.165) is 18.1 Å². The number of hydrogen-bond acceptors (Lipinski definition) is 0. The van der Waals surface area contributed by atoms with E-state index in [1.807, 2.05) is 0 Å². The van der Waals surface area contributed by atoms with Gasteiger partial charge in [0.1, 0.15) is 0 Å². The van der Waals surface area contributed by atoms with Gasteiger partial charge >= 0.3 is 8.24 Å². The molecule has 0 rings (SSSR count). The van der Waals surface area contributed by atoms with Crippen LogP contribution in [0.4, 0.5) is 0 Å². The first kappa shape index (κ1) is 8.71. The molecule has 2 heteroatoms. The summed E-state index contributed by atoms with van der Waals surface area (Å²) in [4.78, 5) is 0. The molecule has 52 valence electrons. The van der Waals surface area contributed by atoms with Gasteiger partial charge in [-0.15, -0.1) is 0 Å². The molecular weight excluding hydrogens is 126 g/mol. The lowest BCUT2D eigenvalue weighted by molar-refractivity contribution is 1.19. The van der Waals surface area contributed by atoms with E-state index in [-0.39, 0.29) is 0 Å². The standard InChI is InChI=1S/C7H15NSi/c1-5-9(6-2,7-3)8-4/h5-7H2,1-3H3. The van der Waals surface area contributed by atoms with Crippen LogP contribution in [0.25, 0.3) is 4.51 Å². The van der Waals surface area contributed by atoms with Crippen molar-refractivity contribution in [2.24, 2.45) is 0 Å². The second kappa shape index (κ2) is 3.68. The monoisotopic (exact) mass is 141 g/mol. The molecule has 1 nitrogen and oxygen atoms in total. The van der Waals surface area contributed by atoms with Gasteiger partial charge in [-0.25, -0.2) is 0 Å². The second-order valence-corrected chi connectivity index (χ2v) is 7.19. The van der Waals surface area contributed by atoms with E-state index in [0.29, 0.717) is 0 Å². The van der Waals surface area contributed by atoms with Crippen molar-refractivity contribution in [2.75, 3.05) is 0 Å². The van der Waals surface area contributed by atoms with Gasteiger partial charge in [-0.3, -0.25) is 6.57 Å². The van der Waals surface area contributed by atoms with Crippen LogP contribution in [0.1, 0.15) is 20.8 Å². The molecule has 0 saturated carbocycles. The van der Waals surface area contributed by atoms with E-state index in [1.54, 1.807) is 0 Å². The molecule has 0 aliphatic carbocycles. The fourth-order valence-corrected chi connectivity index (χ4v) is 2.96. The Kier molecular flexibility index (Phi) is 3.56. The topological polar surface area (TPSA) is 4.36 Å². The molecule has 0 aliphatic rings. The quantitative estimate of drug-likeness (QED) is 0.420. The van der Waals surface area contributed by atoms with E-state index in [1.165, 1.54) is 0 Å². The molecule has 0 bridgehead atoms. The predicted molar refractivity (Wildman–Crippen MR) is 43.8 cm³/mol. The molecule has 0 spiro atoms. The van der Waals surface area contributed by atoms with Crippen LogP contribution < -0.4 is 0 Å². The zero-order valence-electron chi connectivity index (χ0n) is 6.57. The Labute approximate surface area is 59.0 Å². The first-order valence-corrected chi connectivity index (χ1v) is 6.20. The summed E-state index contributed by atoms with van der Waals surface area (Å²) in [6.45, 7) is 13.4. The van der Waals surface area contributed by atoms with Crippen LogP contribution in [0.15, 0.2) is 0 Å². The molecule has 0 fully saturated rings. The van der Waals surface area contributed by atoms with Crippen LogP contribution in [-0.4, -0.2) is 8.24 Å². The van der Waals surface area contributed by atoms with Crippen LogP contribution in [0, 0.1) is 6.57 Å². The summed E-state index contributed by atoms with van der Waals surface area (Å²) in [6, 6.07) is 3.39. The number of rotatable bonds is 3. The van der Waals surface area contributed by atoms with Gasteiger partial charge in [-0.2, -0.15) is 0 Å². The van der Waals surface area contributed by atoms with Crippen LogP contribution >= 0.6 is 0 Å². The van der Waals surface area contributed by atoms with Crippen molar-refractivity contribution in [2.45, 2.75) is 38.9 Å². The minimum Gasteiger partial charge on any atom is -0.411 e. The number of nitrogens with zero attached hydrogens (tertiary/aromatic N) is 1. The summed E-state index contributed by atoms with van der Waals surface area (Å²) in [6.07, 6.45) is 0. The molecule has 0 aromatic rings. The Morgan fingerprint density at radius 1 is 1.11 bits per heavy atom. The van der Waals surface area contributed by atoms with Crippen LogP contribution in [0.3, 0.4) is 0 Å². The summed E-state index contributed by atoms with van der Waals surface area (Å²) >= 11 is 0. The van der Waals surface area contributed by atoms with Gasteiger partial charge < -0.3 is 4.51 Å². The van der Waals surface area contributed by atoms with Crippen molar-refractivity contribution in [3.63, 3.8) is 0 Å². The van der Waals surface area contributed by atoms with Crippen molar-refractivity contribution >= 4 is 8.24 Å². The van der Waals surface area contributed by atoms with Crippen molar-refractivity contribution in [1.82, 2.24) is 0 Å². The van der Waals surface area contributed by atoms with Crippen LogP contribution in [0.5, 0.6) is 0 Å². The van der Waals surface area contributed by atoms with Gasteiger partial charge in [0.05, 0.1) is 0 Å². The summed E-state index contributed by atoms with van der Waals surface area (Å²) in [5.74, 6) is 0. The van der Waals surface area contributed by atoms with Gasteiger partial charge in [0.25, 0.3) is 0 Å². The Hall–Kier alpha value is -0.293. The maximum absolute atomic E-state index is 6.99. The van der Waals surface area contributed by atoms with Crippen molar-refractivity contribution < 1.29 is 0 Å². The van der Waals surface area contributed by atoms with Gasteiger partial charge in [0.2, 0.25) is 0 Å². The molecule has 9 heavy (non-hydrogen) atoms. The van der Waals surface area contributed by atoms with E-state index in [2.05, 4.69) is 25.3 Å². The summed E-state index contributed by atoms with van der Waals surface area (Å²) in [5, 5.41) is 0. The summed E-state index contributed by atoms with van der Waals surface area (Å²) in [7, 11) is -1.40. The fourth-order valence-electron chi connectivity index (χ4n) is 0.987. The third-order valence-corrected chi connectivity index (χ3v) is 6.63. The van der Waals surface area contributed by atoms with E-state index in [4.69, 9.17) is 6.57 Å². The van der Waals surface area contributed by atoms with Crippen molar-refractivity contribution in [1.29, 1.82) is 0 Å². The van der Waals surface area contributed by atoms with E-state index < -0.39 is 8.24 Å². The average molecular weight is 141 g/mol. The van der Waals surface area contributed by atoms with Gasteiger partial charge in [-0.1, -0.05) is 20.8 Å². The van der Waals surface area contributed by atoms with Crippen LogP contribution in [-0.2, 0) is 0 Å². The van der Waals surface area contributed by atoms with Crippen molar-refractivity contribution in [3.05, 3.63) is 11.1 Å². The minimum atomic E-state index is -1.40. The first-order valence-electron chi connectivity index (χ1n) is 3.63. The Balaban J connectivity index is 4.04. The molecule has 0 aromatic heterocycles. The van der Waals surface area contributed by atoms with E-state index >= 15 is 0 Å². The van der Waals surface area contributed by atoms with E-state index in [9.17, 15) is 0 Å². The highest BCUT2D eigenvalue weighted by Crippen LogP contribution is 2.20. The minimum absolute atomic E-state index is 1.13. The molecule has 0 unspecified atom stereocenters. The predicted octanol–water partition coefficient (Wildman–Crippen LogP) is 2.91. The molecule has 0 radical (unpaired) electrons. The number of hydrogen-bond donors (Lipinski definition) is 0. The summed E-state index contributed by atoms with van der Waals surface area (Å²) < 4.78 is 3.76. The van der Waals surface area contributed by atoms with Gasteiger partial charge in [0, 0.05) is 18.1 Å². The van der Waals surface area contributed by atoms with Crippen molar-refractivity contribution in [3.8, 4) is 0 Å². The average Bonchev–Trinajstić information content (AvgIpc) is 1.95. The Morgan fingerprint density at radius 3 is 1.44 bits per heavy atom. The fraction of sp³-hybridized carbons (Fsp3) is 0.857. The Morgan fingerprint density at radius 2 is 1.44 bits per heavy atom. The lowest BCUT2D eigenvalue weighted by Gasteiger charge is -2.09. The molecule has 0 heterocycles. The maximum atomic E-state index is 6.99. The SMILES string of the molecule is [C-]#[N+][Si](CC)(CC)CC. The molecule has 0 amide bonds. The highest BCUT2D eigenvalue weighted by Gasteiger charge is 2.37. The zero-order chi connectivity index (χ0) is 7.33. The molecular formula is C7H15NSi. The molecule has 0 aliphatic heterocycles. The summed E-state index contributed by atoms with van der Waals surface area (Å²) in [5.41, 5.74) is 0. The maximum Gasteiger partial charge on any atom is 0.441 e. The van der Waals surface area contributed by atoms with Gasteiger partial charge in [0.15, 0.2) is 0 Å². The lowest BCUT2D eigenvalue weighted by Crippen LogP contribution is -2.26. The van der Waals surface area contributed by atoms with Crippen LogP contribution in [0.2, 0.25) is 18.1 Å². The van der Waals surface area contributed by atoms with Gasteiger partial charge in [-0.05, 0) is 0 Å². The third kappa shape index (κ3) is 1.83. The molecule has 0 atom stereocenters. The largest absolute Gasteiger partial charge is 0.441 e. The smallest absolute Gasteiger partial charge is 0.411 e. The molecule has 0 saturated heterocycles. The first-order chi connectivity index (χ1) is 4.24. The highest BCUT2D eigenvalue weighted by atomic mass is 28.3. The zero-order valence-corrected chi connectivity index (χ0v) is 7.57. The molecule has 0 N–H and O–H groups in total. The normalized spacial score (nSPS) is 10.9. The third-order valence-electron chi connectivity index (χ3n) is 2.21.